The molecule has 0 atom stereocenters. The van der Waals surface area contributed by atoms with Crippen molar-refractivity contribution in [3.05, 3.63) is 42.0 Å². The average Bonchev–Trinajstić information content (AvgIpc) is 2.64. The normalized spacial score (nSPS) is 12.4. The maximum Gasteiger partial charge on any atom is 0.0794 e. The van der Waals surface area contributed by atoms with Crippen LogP contribution >= 0.6 is 11.3 Å². The molecule has 0 bridgehead atoms. The molecule has 0 saturated heterocycles. The van der Waals surface area contributed by atoms with Crippen LogP contribution in [0.3, 0.4) is 0 Å². The first kappa shape index (κ1) is 11.9. The molecule has 0 radical (unpaired) electrons. The molecule has 92 valence electrons. The summed E-state index contributed by atoms with van der Waals surface area (Å²) in [5.74, 6) is 0. The van der Waals surface area contributed by atoms with E-state index in [0.717, 1.165) is 0 Å². The van der Waals surface area contributed by atoms with Crippen LogP contribution in [-0.2, 0) is 0 Å². The Morgan fingerprint density at radius 1 is 0.944 bits per heavy atom. The molecule has 3 aromatic rings. The van der Waals surface area contributed by atoms with Gasteiger partial charge in [-0.1, -0.05) is 50.0 Å². The summed E-state index contributed by atoms with van der Waals surface area (Å²) in [5.41, 5.74) is 1.35. The number of hydrogen-bond donors (Lipinski definition) is 0. The van der Waals surface area contributed by atoms with E-state index in [0.29, 0.717) is 0 Å². The Kier molecular flexibility index (Phi) is 2.61. The monoisotopic (exact) mass is 270 g/mol. The molecule has 1 aromatic heterocycles. The summed E-state index contributed by atoms with van der Waals surface area (Å²) in [6.07, 6.45) is 0. The van der Waals surface area contributed by atoms with Gasteiger partial charge in [0.15, 0.2) is 0 Å². The number of fused-ring (bicyclic) bond motifs is 3. The van der Waals surface area contributed by atoms with Gasteiger partial charge < -0.3 is 0 Å². The third-order valence-corrected chi connectivity index (χ3v) is 6.88. The van der Waals surface area contributed by atoms with E-state index in [-0.39, 0.29) is 0 Å². The Bertz CT molecular complexity index is 732. The summed E-state index contributed by atoms with van der Waals surface area (Å²) in [5, 5.41) is 4.45. The zero-order valence-electron chi connectivity index (χ0n) is 11.4. The van der Waals surface area contributed by atoms with Crippen LogP contribution in [0.25, 0.3) is 20.2 Å². The second-order valence-corrected chi connectivity index (χ2v) is 12.1. The van der Waals surface area contributed by atoms with Gasteiger partial charge in [-0.3, -0.25) is 0 Å². The molecule has 3 rings (SSSR count). The smallest absolute Gasteiger partial charge is 0.0794 e. The SMILES string of the molecule is Cc1ccc2c(c1)sc1c([Si](C)(C)C)cccc12. The van der Waals surface area contributed by atoms with Gasteiger partial charge in [0.2, 0.25) is 0 Å². The maximum absolute atomic E-state index is 2.43. The fraction of sp³-hybridized carbons (Fsp3) is 0.250. The highest BCUT2D eigenvalue weighted by atomic mass is 32.1. The van der Waals surface area contributed by atoms with E-state index in [1.54, 1.807) is 5.19 Å². The van der Waals surface area contributed by atoms with Gasteiger partial charge in [-0.2, -0.15) is 0 Å². The van der Waals surface area contributed by atoms with Crippen LogP contribution in [-0.4, -0.2) is 8.07 Å². The molecule has 0 aliphatic carbocycles. The second-order valence-electron chi connectivity index (χ2n) is 6.03. The van der Waals surface area contributed by atoms with Gasteiger partial charge in [0, 0.05) is 20.2 Å². The largest absolute Gasteiger partial charge is 0.135 e. The standard InChI is InChI=1S/C16H18SSi/c1-11-8-9-12-13-6-5-7-15(18(2,3)4)16(13)17-14(12)10-11/h5-10H,1-4H3. The van der Waals surface area contributed by atoms with Gasteiger partial charge in [-0.25, -0.2) is 0 Å². The molecular formula is C16H18SSi. The van der Waals surface area contributed by atoms with Crippen molar-refractivity contribution in [2.75, 3.05) is 0 Å². The Morgan fingerprint density at radius 3 is 2.44 bits per heavy atom. The first-order valence-corrected chi connectivity index (χ1v) is 10.7. The van der Waals surface area contributed by atoms with Gasteiger partial charge in [0.25, 0.3) is 0 Å². The highest BCUT2D eigenvalue weighted by Crippen LogP contribution is 2.34. The summed E-state index contributed by atoms with van der Waals surface area (Å²) < 4.78 is 2.94. The van der Waals surface area contributed by atoms with Gasteiger partial charge >= 0.3 is 0 Å². The van der Waals surface area contributed by atoms with Gasteiger partial charge in [-0.15, -0.1) is 11.3 Å². The minimum absolute atomic E-state index is 1.26. The predicted molar refractivity (Wildman–Crippen MR) is 87.0 cm³/mol. The molecule has 0 spiro atoms. The lowest BCUT2D eigenvalue weighted by Crippen LogP contribution is -2.37. The zero-order valence-corrected chi connectivity index (χ0v) is 13.2. The lowest BCUT2D eigenvalue weighted by atomic mass is 10.1. The third kappa shape index (κ3) is 1.80. The van der Waals surface area contributed by atoms with Crippen LogP contribution in [0.4, 0.5) is 0 Å². The molecule has 2 aromatic carbocycles. The molecule has 0 amide bonds. The molecule has 0 aliphatic heterocycles. The first-order chi connectivity index (χ1) is 8.47. The molecule has 0 unspecified atom stereocenters. The van der Waals surface area contributed by atoms with E-state index in [9.17, 15) is 0 Å². The van der Waals surface area contributed by atoms with Gasteiger partial charge in [0.05, 0.1) is 8.07 Å². The molecular weight excluding hydrogens is 252 g/mol. The van der Waals surface area contributed by atoms with Crippen molar-refractivity contribution in [1.82, 2.24) is 0 Å². The minimum Gasteiger partial charge on any atom is -0.135 e. The van der Waals surface area contributed by atoms with Crippen molar-refractivity contribution in [1.29, 1.82) is 0 Å². The van der Waals surface area contributed by atoms with Crippen LogP contribution in [0.5, 0.6) is 0 Å². The summed E-state index contributed by atoms with van der Waals surface area (Å²) in [4.78, 5) is 0. The maximum atomic E-state index is 2.43. The number of thiophene rings is 1. The van der Waals surface area contributed by atoms with E-state index >= 15 is 0 Å². The average molecular weight is 270 g/mol. The van der Waals surface area contributed by atoms with E-state index in [4.69, 9.17) is 0 Å². The van der Waals surface area contributed by atoms with Crippen LogP contribution in [0.15, 0.2) is 36.4 Å². The second kappa shape index (κ2) is 3.94. The Hall–Kier alpha value is -1.12. The summed E-state index contributed by atoms with van der Waals surface area (Å²) >= 11 is 1.96. The predicted octanol–water partition coefficient (Wildman–Crippen LogP) is 4.91. The highest BCUT2D eigenvalue weighted by molar-refractivity contribution is 7.27. The quantitative estimate of drug-likeness (QED) is 0.551. The molecule has 0 fully saturated rings. The summed E-state index contributed by atoms with van der Waals surface area (Å²) in [6, 6.07) is 13.6. The molecule has 0 saturated carbocycles. The fourth-order valence-corrected chi connectivity index (χ4v) is 6.20. The van der Waals surface area contributed by atoms with Crippen LogP contribution in [0.2, 0.25) is 19.6 Å². The minimum atomic E-state index is -1.26. The number of aryl methyl sites for hydroxylation is 1. The van der Waals surface area contributed by atoms with Gasteiger partial charge in [0.1, 0.15) is 0 Å². The fourth-order valence-electron chi connectivity index (χ4n) is 2.50. The van der Waals surface area contributed by atoms with E-state index in [1.165, 1.54) is 25.7 Å². The number of hydrogen-bond acceptors (Lipinski definition) is 1. The molecule has 0 aliphatic rings. The Morgan fingerprint density at radius 2 is 1.72 bits per heavy atom. The van der Waals surface area contributed by atoms with Crippen molar-refractivity contribution >= 4 is 44.8 Å². The van der Waals surface area contributed by atoms with Gasteiger partial charge in [-0.05, 0) is 23.7 Å². The summed E-state index contributed by atoms with van der Waals surface area (Å²) in [6.45, 7) is 9.45. The van der Waals surface area contributed by atoms with Crippen LogP contribution in [0.1, 0.15) is 5.56 Å². The third-order valence-electron chi connectivity index (χ3n) is 3.46. The van der Waals surface area contributed by atoms with Crippen molar-refractivity contribution < 1.29 is 0 Å². The van der Waals surface area contributed by atoms with Crippen molar-refractivity contribution in [2.45, 2.75) is 26.6 Å². The molecule has 1 heterocycles. The molecule has 2 heteroatoms. The van der Waals surface area contributed by atoms with Crippen molar-refractivity contribution in [3.8, 4) is 0 Å². The molecule has 0 nitrogen and oxygen atoms in total. The number of rotatable bonds is 1. The Balaban J connectivity index is 2.46. The van der Waals surface area contributed by atoms with E-state index < -0.39 is 8.07 Å². The number of benzene rings is 2. The first-order valence-electron chi connectivity index (χ1n) is 6.39. The van der Waals surface area contributed by atoms with Crippen molar-refractivity contribution in [3.63, 3.8) is 0 Å². The van der Waals surface area contributed by atoms with E-state index in [1.807, 2.05) is 11.3 Å². The molecule has 18 heavy (non-hydrogen) atoms. The topological polar surface area (TPSA) is 0 Å². The summed E-state index contributed by atoms with van der Waals surface area (Å²) in [7, 11) is -1.26. The van der Waals surface area contributed by atoms with E-state index in [2.05, 4.69) is 63.0 Å². The molecule has 0 N–H and O–H groups in total. The van der Waals surface area contributed by atoms with Crippen molar-refractivity contribution in [2.24, 2.45) is 0 Å². The lowest BCUT2D eigenvalue weighted by molar-refractivity contribution is 1.52. The van der Waals surface area contributed by atoms with Crippen LogP contribution in [0, 0.1) is 6.92 Å². The lowest BCUT2D eigenvalue weighted by Gasteiger charge is -2.17. The van der Waals surface area contributed by atoms with Crippen LogP contribution < -0.4 is 5.19 Å². The Labute approximate surface area is 113 Å². The highest BCUT2D eigenvalue weighted by Gasteiger charge is 2.20. The zero-order chi connectivity index (χ0) is 12.9.